The molecule has 0 aliphatic carbocycles. The molecule has 0 bridgehead atoms. The molecule has 3 rings (SSSR count). The van der Waals surface area contributed by atoms with Gasteiger partial charge in [0.05, 0.1) is 22.3 Å². The van der Waals surface area contributed by atoms with Gasteiger partial charge in [-0.1, -0.05) is 11.6 Å². The Hall–Kier alpha value is -1.87. The lowest BCUT2D eigenvalue weighted by atomic mass is 10.2. The van der Waals surface area contributed by atoms with Crippen molar-refractivity contribution in [2.75, 3.05) is 0 Å². The van der Waals surface area contributed by atoms with Crippen LogP contribution in [0.3, 0.4) is 0 Å². The van der Waals surface area contributed by atoms with Gasteiger partial charge >= 0.3 is 0 Å². The molecule has 0 unspecified atom stereocenters. The number of nitrogens with zero attached hydrogens (tertiary/aromatic N) is 2. The van der Waals surface area contributed by atoms with Gasteiger partial charge in [-0.15, -0.1) is 11.3 Å². The van der Waals surface area contributed by atoms with E-state index in [0.29, 0.717) is 22.9 Å². The summed E-state index contributed by atoms with van der Waals surface area (Å²) in [5.74, 6) is 0.556. The highest BCUT2D eigenvalue weighted by Gasteiger charge is 2.07. The van der Waals surface area contributed by atoms with Gasteiger partial charge in [0.1, 0.15) is 17.4 Å². The SMILES string of the molecule is N#Cc1ccc(OCc2csc(-c3ccsc3)n2)c(Cl)c1. The molecule has 0 spiro atoms. The molecule has 2 aromatic heterocycles. The minimum Gasteiger partial charge on any atom is -0.486 e. The Morgan fingerprint density at radius 3 is 2.90 bits per heavy atom. The number of benzene rings is 1. The van der Waals surface area contributed by atoms with Crippen LogP contribution >= 0.6 is 34.3 Å². The number of ether oxygens (including phenoxy) is 1. The second kappa shape index (κ2) is 6.27. The molecule has 1 aromatic carbocycles. The zero-order valence-corrected chi connectivity index (χ0v) is 13.1. The Kier molecular flexibility index (Phi) is 4.20. The van der Waals surface area contributed by atoms with Crippen LogP contribution in [0.1, 0.15) is 11.3 Å². The van der Waals surface area contributed by atoms with Crippen molar-refractivity contribution < 1.29 is 4.74 Å². The lowest BCUT2D eigenvalue weighted by molar-refractivity contribution is 0.302. The zero-order chi connectivity index (χ0) is 14.7. The van der Waals surface area contributed by atoms with E-state index < -0.39 is 0 Å². The number of halogens is 1. The van der Waals surface area contributed by atoms with Gasteiger partial charge in [-0.25, -0.2) is 4.98 Å². The van der Waals surface area contributed by atoms with Crippen molar-refractivity contribution >= 4 is 34.3 Å². The molecule has 0 aliphatic heterocycles. The van der Waals surface area contributed by atoms with E-state index in [4.69, 9.17) is 21.6 Å². The van der Waals surface area contributed by atoms with Crippen LogP contribution in [-0.4, -0.2) is 4.98 Å². The first-order valence-electron chi connectivity index (χ1n) is 6.05. The van der Waals surface area contributed by atoms with Crippen LogP contribution < -0.4 is 4.74 Å². The molecule has 0 saturated heterocycles. The highest BCUT2D eigenvalue weighted by molar-refractivity contribution is 7.14. The van der Waals surface area contributed by atoms with Crippen molar-refractivity contribution in [2.24, 2.45) is 0 Å². The van der Waals surface area contributed by atoms with E-state index in [2.05, 4.69) is 10.4 Å². The van der Waals surface area contributed by atoms with Crippen LogP contribution in [0.5, 0.6) is 5.75 Å². The average Bonchev–Trinajstić information content (AvgIpc) is 3.16. The maximum atomic E-state index is 8.80. The van der Waals surface area contributed by atoms with E-state index in [1.807, 2.05) is 22.9 Å². The van der Waals surface area contributed by atoms with E-state index in [-0.39, 0.29) is 0 Å². The van der Waals surface area contributed by atoms with Gasteiger partial charge in [-0.05, 0) is 29.6 Å². The minimum absolute atomic E-state index is 0.353. The Morgan fingerprint density at radius 1 is 1.29 bits per heavy atom. The lowest BCUT2D eigenvalue weighted by Gasteiger charge is -2.06. The van der Waals surface area contributed by atoms with Gasteiger partial charge in [-0.2, -0.15) is 16.6 Å². The summed E-state index contributed by atoms with van der Waals surface area (Å²) >= 11 is 9.31. The second-order valence-corrected chi connectivity index (χ2v) is 6.25. The smallest absolute Gasteiger partial charge is 0.138 e. The van der Waals surface area contributed by atoms with Crippen LogP contribution in [0.25, 0.3) is 10.6 Å². The molecule has 21 heavy (non-hydrogen) atoms. The highest BCUT2D eigenvalue weighted by Crippen LogP contribution is 2.28. The first kappa shape index (κ1) is 14.1. The Morgan fingerprint density at radius 2 is 2.19 bits per heavy atom. The summed E-state index contributed by atoms with van der Waals surface area (Å²) in [6.07, 6.45) is 0. The summed E-state index contributed by atoms with van der Waals surface area (Å²) in [7, 11) is 0. The number of hydrogen-bond donors (Lipinski definition) is 0. The van der Waals surface area contributed by atoms with E-state index in [0.717, 1.165) is 16.3 Å². The molecular formula is C15H9ClN2OS2. The molecule has 0 fully saturated rings. The fraction of sp³-hybridized carbons (Fsp3) is 0.0667. The summed E-state index contributed by atoms with van der Waals surface area (Å²) in [6.45, 7) is 0.353. The van der Waals surface area contributed by atoms with Crippen LogP contribution in [-0.2, 0) is 6.61 Å². The normalized spacial score (nSPS) is 10.3. The van der Waals surface area contributed by atoms with Crippen molar-refractivity contribution in [2.45, 2.75) is 6.61 Å². The van der Waals surface area contributed by atoms with Crippen molar-refractivity contribution in [3.63, 3.8) is 0 Å². The standard InChI is InChI=1S/C15H9ClN2OS2/c16-13-5-10(6-17)1-2-14(13)19-7-12-9-21-15(18-12)11-3-4-20-8-11/h1-5,8-9H,7H2. The monoisotopic (exact) mass is 332 g/mol. The van der Waals surface area contributed by atoms with Gasteiger partial charge in [0.25, 0.3) is 0 Å². The number of rotatable bonds is 4. The number of nitriles is 1. The van der Waals surface area contributed by atoms with E-state index in [9.17, 15) is 0 Å². The second-order valence-electron chi connectivity index (χ2n) is 4.20. The number of aromatic nitrogens is 1. The summed E-state index contributed by atoms with van der Waals surface area (Å²) in [4.78, 5) is 4.54. The fourth-order valence-electron chi connectivity index (χ4n) is 1.73. The Balaban J connectivity index is 1.70. The minimum atomic E-state index is 0.353. The molecule has 0 aliphatic rings. The van der Waals surface area contributed by atoms with Crippen molar-refractivity contribution in [1.29, 1.82) is 5.26 Å². The fourth-order valence-corrected chi connectivity index (χ4v) is 3.48. The summed E-state index contributed by atoms with van der Waals surface area (Å²) < 4.78 is 5.66. The first-order valence-corrected chi connectivity index (χ1v) is 8.26. The predicted octanol–water partition coefficient (Wildman–Crippen LogP) is 4.98. The van der Waals surface area contributed by atoms with Crippen LogP contribution in [0, 0.1) is 11.3 Å². The average molecular weight is 333 g/mol. The third-order valence-corrected chi connectivity index (χ3v) is 4.68. The lowest BCUT2D eigenvalue weighted by Crippen LogP contribution is -1.96. The van der Waals surface area contributed by atoms with Crippen molar-refractivity contribution in [3.8, 4) is 22.4 Å². The largest absolute Gasteiger partial charge is 0.486 e. The van der Waals surface area contributed by atoms with Gasteiger partial charge in [0.15, 0.2) is 0 Å². The van der Waals surface area contributed by atoms with Crippen molar-refractivity contribution in [3.05, 3.63) is 56.7 Å². The molecule has 3 nitrogen and oxygen atoms in total. The molecule has 104 valence electrons. The predicted molar refractivity (Wildman–Crippen MR) is 85.9 cm³/mol. The number of hydrogen-bond acceptors (Lipinski definition) is 5. The third-order valence-electron chi connectivity index (χ3n) is 2.76. The quantitative estimate of drug-likeness (QED) is 0.677. The van der Waals surface area contributed by atoms with E-state index >= 15 is 0 Å². The van der Waals surface area contributed by atoms with E-state index in [1.165, 1.54) is 0 Å². The number of thiophene rings is 1. The van der Waals surface area contributed by atoms with Crippen LogP contribution in [0.2, 0.25) is 5.02 Å². The molecule has 0 atom stereocenters. The van der Waals surface area contributed by atoms with Gasteiger partial charge in [0.2, 0.25) is 0 Å². The molecule has 6 heteroatoms. The molecule has 2 heterocycles. The molecule has 0 N–H and O–H groups in total. The molecule has 0 radical (unpaired) electrons. The van der Waals surface area contributed by atoms with Gasteiger partial charge in [-0.3, -0.25) is 0 Å². The first-order chi connectivity index (χ1) is 10.3. The highest BCUT2D eigenvalue weighted by atomic mass is 35.5. The van der Waals surface area contributed by atoms with Crippen LogP contribution in [0.15, 0.2) is 40.4 Å². The molecule has 0 amide bonds. The zero-order valence-electron chi connectivity index (χ0n) is 10.7. The summed E-state index contributed by atoms with van der Waals surface area (Å²) in [5.41, 5.74) is 2.51. The van der Waals surface area contributed by atoms with Gasteiger partial charge < -0.3 is 4.74 Å². The molecule has 3 aromatic rings. The topological polar surface area (TPSA) is 45.9 Å². The van der Waals surface area contributed by atoms with Gasteiger partial charge in [0, 0.05) is 16.3 Å². The maximum absolute atomic E-state index is 8.80. The summed E-state index contributed by atoms with van der Waals surface area (Å²) in [5, 5.41) is 16.3. The van der Waals surface area contributed by atoms with Crippen molar-refractivity contribution in [1.82, 2.24) is 4.98 Å². The number of thiazole rings is 1. The molecular weight excluding hydrogens is 324 g/mol. The summed E-state index contributed by atoms with van der Waals surface area (Å²) in [6, 6.07) is 9.06. The maximum Gasteiger partial charge on any atom is 0.138 e. The molecule has 0 saturated carbocycles. The van der Waals surface area contributed by atoms with Crippen LogP contribution in [0.4, 0.5) is 0 Å². The van der Waals surface area contributed by atoms with E-state index in [1.54, 1.807) is 40.9 Å². The Bertz CT molecular complexity index is 790. The Labute approximate surface area is 135 Å². The third kappa shape index (κ3) is 3.24.